The maximum Gasteiger partial charge on any atom is 0.141 e. The average molecular weight is 223 g/mol. The van der Waals surface area contributed by atoms with Crippen LogP contribution in [0.4, 0.5) is 0 Å². The predicted octanol–water partition coefficient (Wildman–Crippen LogP) is 1.32. The van der Waals surface area contributed by atoms with E-state index < -0.39 is 0 Å². The first-order valence-corrected chi connectivity index (χ1v) is 6.40. The SMILES string of the molecule is CC1CC(C)C2C(=O)CC3(CN(C)C3)OC12. The third-order valence-electron chi connectivity index (χ3n) is 4.64. The van der Waals surface area contributed by atoms with Crippen molar-refractivity contribution in [2.45, 2.75) is 38.4 Å². The Hall–Kier alpha value is -0.410. The molecule has 3 nitrogen and oxygen atoms in total. The van der Waals surface area contributed by atoms with E-state index in [1.807, 2.05) is 0 Å². The molecule has 16 heavy (non-hydrogen) atoms. The van der Waals surface area contributed by atoms with Crippen molar-refractivity contribution < 1.29 is 9.53 Å². The van der Waals surface area contributed by atoms with Crippen LogP contribution < -0.4 is 0 Å². The second kappa shape index (κ2) is 3.30. The molecule has 1 spiro atoms. The molecule has 1 saturated carbocycles. The standard InChI is InChI=1S/C13H21NO2/c1-8-4-9(2)12-11(8)10(15)5-13(16-12)6-14(3)7-13/h8-9,11-12H,4-7H2,1-3H3. The van der Waals surface area contributed by atoms with Crippen LogP contribution in [0.3, 0.4) is 0 Å². The number of carbonyl (C=O) groups is 1. The van der Waals surface area contributed by atoms with Crippen molar-refractivity contribution in [3.05, 3.63) is 0 Å². The second-order valence-electron chi connectivity index (χ2n) is 6.30. The second-order valence-corrected chi connectivity index (χ2v) is 6.30. The molecule has 0 N–H and O–H groups in total. The Morgan fingerprint density at radius 1 is 1.31 bits per heavy atom. The topological polar surface area (TPSA) is 29.5 Å². The van der Waals surface area contributed by atoms with Crippen molar-refractivity contribution in [1.82, 2.24) is 4.90 Å². The van der Waals surface area contributed by atoms with Gasteiger partial charge in [0, 0.05) is 25.4 Å². The number of hydrogen-bond acceptors (Lipinski definition) is 3. The summed E-state index contributed by atoms with van der Waals surface area (Å²) >= 11 is 0. The number of likely N-dealkylation sites (tertiary alicyclic amines) is 1. The number of likely N-dealkylation sites (N-methyl/N-ethyl adjacent to an activating group) is 1. The van der Waals surface area contributed by atoms with E-state index >= 15 is 0 Å². The first-order chi connectivity index (χ1) is 7.51. The summed E-state index contributed by atoms with van der Waals surface area (Å²) in [6.45, 7) is 6.30. The maximum atomic E-state index is 12.2. The van der Waals surface area contributed by atoms with Gasteiger partial charge in [0.15, 0.2) is 0 Å². The predicted molar refractivity (Wildman–Crippen MR) is 61.2 cm³/mol. The summed E-state index contributed by atoms with van der Waals surface area (Å²) in [5.74, 6) is 1.71. The zero-order valence-corrected chi connectivity index (χ0v) is 10.4. The molecule has 3 rings (SSSR count). The number of rotatable bonds is 0. The molecule has 4 atom stereocenters. The summed E-state index contributed by atoms with van der Waals surface area (Å²) in [6.07, 6.45) is 1.99. The molecule has 0 aromatic carbocycles. The zero-order valence-electron chi connectivity index (χ0n) is 10.4. The van der Waals surface area contributed by atoms with Gasteiger partial charge in [-0.05, 0) is 25.3 Å². The average Bonchev–Trinajstić information content (AvgIpc) is 2.40. The molecule has 2 aliphatic heterocycles. The quantitative estimate of drug-likeness (QED) is 0.620. The van der Waals surface area contributed by atoms with Crippen LogP contribution in [0.15, 0.2) is 0 Å². The molecule has 4 unspecified atom stereocenters. The Morgan fingerprint density at radius 2 is 2.00 bits per heavy atom. The van der Waals surface area contributed by atoms with Crippen molar-refractivity contribution >= 4 is 5.78 Å². The Balaban J connectivity index is 1.82. The first-order valence-electron chi connectivity index (χ1n) is 6.40. The first kappa shape index (κ1) is 10.7. The van der Waals surface area contributed by atoms with Crippen LogP contribution in [0.5, 0.6) is 0 Å². The largest absolute Gasteiger partial charge is 0.368 e. The van der Waals surface area contributed by atoms with Crippen molar-refractivity contribution in [2.75, 3.05) is 20.1 Å². The fraction of sp³-hybridized carbons (Fsp3) is 0.923. The van der Waals surface area contributed by atoms with Gasteiger partial charge in [0.1, 0.15) is 11.4 Å². The van der Waals surface area contributed by atoms with E-state index in [4.69, 9.17) is 4.74 Å². The van der Waals surface area contributed by atoms with E-state index in [0.717, 1.165) is 19.5 Å². The number of ether oxygens (including phenoxy) is 1. The molecular weight excluding hydrogens is 202 g/mol. The third kappa shape index (κ3) is 1.37. The lowest BCUT2D eigenvalue weighted by molar-refractivity contribution is -0.210. The van der Waals surface area contributed by atoms with Gasteiger partial charge < -0.3 is 9.64 Å². The van der Waals surface area contributed by atoms with Gasteiger partial charge in [0.25, 0.3) is 0 Å². The van der Waals surface area contributed by atoms with E-state index in [-0.39, 0.29) is 17.6 Å². The minimum Gasteiger partial charge on any atom is -0.368 e. The van der Waals surface area contributed by atoms with Gasteiger partial charge >= 0.3 is 0 Å². The zero-order chi connectivity index (χ0) is 11.5. The summed E-state index contributed by atoms with van der Waals surface area (Å²) in [6, 6.07) is 0. The van der Waals surface area contributed by atoms with Gasteiger partial charge in [-0.3, -0.25) is 4.79 Å². The molecule has 2 heterocycles. The fourth-order valence-electron chi connectivity index (χ4n) is 4.12. The molecule has 2 saturated heterocycles. The molecule has 3 aliphatic rings. The van der Waals surface area contributed by atoms with Gasteiger partial charge in [-0.1, -0.05) is 13.8 Å². The fourth-order valence-corrected chi connectivity index (χ4v) is 4.12. The van der Waals surface area contributed by atoms with Crippen molar-refractivity contribution in [1.29, 1.82) is 0 Å². The van der Waals surface area contributed by atoms with E-state index in [1.165, 1.54) is 0 Å². The molecule has 3 heteroatoms. The smallest absolute Gasteiger partial charge is 0.141 e. The number of hydrogen-bond donors (Lipinski definition) is 0. The highest BCUT2D eigenvalue weighted by Gasteiger charge is 2.56. The Labute approximate surface area is 97.1 Å². The molecule has 0 amide bonds. The minimum atomic E-state index is -0.120. The number of Topliss-reactive ketones (excluding diaryl/α,β-unsaturated/α-hetero) is 1. The number of carbonyl (C=O) groups excluding carboxylic acids is 1. The van der Waals surface area contributed by atoms with Crippen LogP contribution in [-0.2, 0) is 9.53 Å². The normalized spacial score (nSPS) is 46.8. The summed E-state index contributed by atoms with van der Waals surface area (Å²) in [5, 5.41) is 0. The molecule has 3 fully saturated rings. The molecule has 0 aromatic rings. The van der Waals surface area contributed by atoms with E-state index in [2.05, 4.69) is 25.8 Å². The van der Waals surface area contributed by atoms with Crippen LogP contribution in [0.1, 0.15) is 26.7 Å². The van der Waals surface area contributed by atoms with Crippen LogP contribution in [-0.4, -0.2) is 42.5 Å². The molecule has 90 valence electrons. The lowest BCUT2D eigenvalue weighted by Gasteiger charge is -2.53. The summed E-state index contributed by atoms with van der Waals surface area (Å²) < 4.78 is 6.29. The summed E-state index contributed by atoms with van der Waals surface area (Å²) in [7, 11) is 2.09. The van der Waals surface area contributed by atoms with Crippen LogP contribution in [0, 0.1) is 17.8 Å². The molecule has 1 aliphatic carbocycles. The van der Waals surface area contributed by atoms with Gasteiger partial charge in [-0.25, -0.2) is 0 Å². The van der Waals surface area contributed by atoms with Crippen LogP contribution in [0.25, 0.3) is 0 Å². The van der Waals surface area contributed by atoms with Gasteiger partial charge in [-0.15, -0.1) is 0 Å². The highest BCUT2D eigenvalue weighted by molar-refractivity contribution is 5.84. The lowest BCUT2D eigenvalue weighted by atomic mass is 9.78. The van der Waals surface area contributed by atoms with Crippen LogP contribution in [0.2, 0.25) is 0 Å². The third-order valence-corrected chi connectivity index (χ3v) is 4.64. The molecular formula is C13H21NO2. The highest BCUT2D eigenvalue weighted by Crippen LogP contribution is 2.47. The number of fused-ring (bicyclic) bond motifs is 1. The van der Waals surface area contributed by atoms with E-state index in [9.17, 15) is 4.79 Å². The van der Waals surface area contributed by atoms with Gasteiger partial charge in [0.2, 0.25) is 0 Å². The van der Waals surface area contributed by atoms with Crippen molar-refractivity contribution in [3.8, 4) is 0 Å². The Morgan fingerprint density at radius 3 is 2.62 bits per heavy atom. The molecule has 0 aromatic heterocycles. The Kier molecular flexibility index (Phi) is 2.21. The summed E-state index contributed by atoms with van der Waals surface area (Å²) in [5.41, 5.74) is -0.120. The van der Waals surface area contributed by atoms with Gasteiger partial charge in [0.05, 0.1) is 6.10 Å². The van der Waals surface area contributed by atoms with E-state index in [1.54, 1.807) is 0 Å². The molecule has 0 radical (unpaired) electrons. The van der Waals surface area contributed by atoms with Crippen molar-refractivity contribution in [2.24, 2.45) is 17.8 Å². The summed E-state index contributed by atoms with van der Waals surface area (Å²) in [4.78, 5) is 14.5. The Bertz CT molecular complexity index is 322. The lowest BCUT2D eigenvalue weighted by Crippen LogP contribution is -2.67. The van der Waals surface area contributed by atoms with E-state index in [0.29, 0.717) is 24.0 Å². The maximum absolute atomic E-state index is 12.2. The molecule has 0 bridgehead atoms. The monoisotopic (exact) mass is 223 g/mol. The number of ketones is 1. The van der Waals surface area contributed by atoms with Crippen LogP contribution >= 0.6 is 0 Å². The highest BCUT2D eigenvalue weighted by atomic mass is 16.5. The van der Waals surface area contributed by atoms with Gasteiger partial charge in [-0.2, -0.15) is 0 Å². The minimum absolute atomic E-state index is 0.120. The van der Waals surface area contributed by atoms with Crippen molar-refractivity contribution in [3.63, 3.8) is 0 Å². The number of nitrogens with zero attached hydrogens (tertiary/aromatic N) is 1.